The standard InChI is InChI=1S/C9H13BClNO2/c10-5-6-7(11)1-2-8(9(6)12)14-4-3-13/h1-2,13H,3-5,10,12H2. The summed E-state index contributed by atoms with van der Waals surface area (Å²) in [7, 11) is 1.98. The van der Waals surface area contributed by atoms with Gasteiger partial charge in [-0.2, -0.15) is 0 Å². The predicted molar refractivity (Wildman–Crippen MR) is 60.7 cm³/mol. The number of nitrogen functional groups attached to an aromatic ring is 1. The average Bonchev–Trinajstić information content (AvgIpc) is 2.18. The van der Waals surface area contributed by atoms with E-state index >= 15 is 0 Å². The minimum atomic E-state index is -0.0243. The van der Waals surface area contributed by atoms with Crippen LogP contribution in [0.2, 0.25) is 5.02 Å². The Labute approximate surface area is 89.2 Å². The Morgan fingerprint density at radius 1 is 1.50 bits per heavy atom. The molecule has 1 aromatic rings. The molecule has 0 amide bonds. The van der Waals surface area contributed by atoms with Gasteiger partial charge in [-0.25, -0.2) is 0 Å². The maximum atomic E-state index is 8.61. The van der Waals surface area contributed by atoms with Crippen molar-refractivity contribution in [3.63, 3.8) is 0 Å². The first-order valence-electron chi connectivity index (χ1n) is 4.51. The monoisotopic (exact) mass is 213 g/mol. The number of rotatable bonds is 4. The summed E-state index contributed by atoms with van der Waals surface area (Å²) in [6.45, 7) is 0.221. The van der Waals surface area contributed by atoms with Crippen LogP contribution >= 0.6 is 11.6 Å². The van der Waals surface area contributed by atoms with Crippen molar-refractivity contribution in [3.8, 4) is 5.75 Å². The van der Waals surface area contributed by atoms with Crippen molar-refractivity contribution in [1.29, 1.82) is 0 Å². The van der Waals surface area contributed by atoms with Gasteiger partial charge in [0.25, 0.3) is 0 Å². The van der Waals surface area contributed by atoms with Crippen molar-refractivity contribution in [1.82, 2.24) is 0 Å². The summed E-state index contributed by atoms with van der Waals surface area (Å²) in [5, 5.41) is 9.26. The fourth-order valence-electron chi connectivity index (χ4n) is 1.26. The van der Waals surface area contributed by atoms with Crippen molar-refractivity contribution in [2.24, 2.45) is 0 Å². The summed E-state index contributed by atoms with van der Waals surface area (Å²) in [6.07, 6.45) is 0.765. The van der Waals surface area contributed by atoms with Gasteiger partial charge in [-0.1, -0.05) is 17.9 Å². The van der Waals surface area contributed by atoms with E-state index in [0.29, 0.717) is 16.5 Å². The quantitative estimate of drug-likeness (QED) is 0.563. The Hall–Kier alpha value is -0.865. The third-order valence-corrected chi connectivity index (χ3v) is 2.32. The van der Waals surface area contributed by atoms with Gasteiger partial charge >= 0.3 is 0 Å². The Balaban J connectivity index is 2.96. The minimum Gasteiger partial charge on any atom is -0.489 e. The zero-order chi connectivity index (χ0) is 10.6. The first-order valence-corrected chi connectivity index (χ1v) is 4.89. The van der Waals surface area contributed by atoms with Gasteiger partial charge in [-0.05, 0) is 17.7 Å². The van der Waals surface area contributed by atoms with Crippen LogP contribution < -0.4 is 10.5 Å². The number of aliphatic hydroxyl groups excluding tert-OH is 1. The van der Waals surface area contributed by atoms with Crippen LogP contribution in [0.3, 0.4) is 0 Å². The lowest BCUT2D eigenvalue weighted by Gasteiger charge is -2.12. The first-order chi connectivity index (χ1) is 6.70. The molecular formula is C9H13BClNO2. The average molecular weight is 213 g/mol. The highest BCUT2D eigenvalue weighted by Crippen LogP contribution is 2.31. The molecule has 0 aliphatic carbocycles. The van der Waals surface area contributed by atoms with Crippen molar-refractivity contribution >= 4 is 25.1 Å². The van der Waals surface area contributed by atoms with E-state index in [2.05, 4.69) is 0 Å². The molecule has 3 N–H and O–H groups in total. The van der Waals surface area contributed by atoms with Gasteiger partial charge in [0.2, 0.25) is 0 Å². The van der Waals surface area contributed by atoms with Gasteiger partial charge in [-0.3, -0.25) is 0 Å². The molecule has 0 saturated carbocycles. The number of halogens is 1. The molecule has 0 atom stereocenters. The van der Waals surface area contributed by atoms with E-state index < -0.39 is 0 Å². The van der Waals surface area contributed by atoms with E-state index in [1.165, 1.54) is 0 Å². The number of anilines is 1. The fourth-order valence-corrected chi connectivity index (χ4v) is 1.56. The summed E-state index contributed by atoms with van der Waals surface area (Å²) in [4.78, 5) is 0. The lowest BCUT2D eigenvalue weighted by Crippen LogP contribution is -2.05. The molecule has 1 aromatic carbocycles. The highest BCUT2D eigenvalue weighted by Gasteiger charge is 2.08. The molecule has 0 radical (unpaired) electrons. The number of benzene rings is 1. The van der Waals surface area contributed by atoms with E-state index in [9.17, 15) is 0 Å². The van der Waals surface area contributed by atoms with Crippen LogP contribution in [0.1, 0.15) is 5.56 Å². The summed E-state index contributed by atoms with van der Waals surface area (Å²) in [5.74, 6) is 0.584. The number of hydrogen-bond acceptors (Lipinski definition) is 3. The second-order valence-corrected chi connectivity index (χ2v) is 3.27. The molecule has 0 aliphatic rings. The van der Waals surface area contributed by atoms with E-state index in [4.69, 9.17) is 27.2 Å². The van der Waals surface area contributed by atoms with Crippen LogP contribution in [0.4, 0.5) is 5.69 Å². The molecule has 0 saturated heterocycles. The largest absolute Gasteiger partial charge is 0.489 e. The molecule has 14 heavy (non-hydrogen) atoms. The minimum absolute atomic E-state index is 0.0243. The highest BCUT2D eigenvalue weighted by molar-refractivity contribution is 6.32. The van der Waals surface area contributed by atoms with Gasteiger partial charge in [0.05, 0.1) is 12.3 Å². The van der Waals surface area contributed by atoms with Gasteiger partial charge < -0.3 is 15.6 Å². The number of hydrogen-bond donors (Lipinski definition) is 2. The third kappa shape index (κ3) is 2.33. The third-order valence-electron chi connectivity index (χ3n) is 1.96. The summed E-state index contributed by atoms with van der Waals surface area (Å²) >= 11 is 5.95. The zero-order valence-electron chi connectivity index (χ0n) is 8.09. The number of nitrogens with two attached hydrogens (primary N) is 1. The predicted octanol–water partition coefficient (Wildman–Crippen LogP) is 0.426. The van der Waals surface area contributed by atoms with E-state index in [-0.39, 0.29) is 13.2 Å². The highest BCUT2D eigenvalue weighted by atomic mass is 35.5. The van der Waals surface area contributed by atoms with Gasteiger partial charge in [0.1, 0.15) is 20.2 Å². The van der Waals surface area contributed by atoms with Crippen molar-refractivity contribution in [2.45, 2.75) is 6.32 Å². The van der Waals surface area contributed by atoms with Crippen LogP contribution in [0.25, 0.3) is 0 Å². The smallest absolute Gasteiger partial charge is 0.142 e. The normalized spacial score (nSPS) is 10.1. The second kappa shape index (κ2) is 5.12. The molecule has 1 rings (SSSR count). The van der Waals surface area contributed by atoms with Crippen LogP contribution in [-0.2, 0) is 6.32 Å². The molecule has 3 nitrogen and oxygen atoms in total. The molecule has 0 fully saturated rings. The topological polar surface area (TPSA) is 55.5 Å². The molecular weight excluding hydrogens is 200 g/mol. The first kappa shape index (κ1) is 11.2. The van der Waals surface area contributed by atoms with Crippen molar-refractivity contribution in [2.75, 3.05) is 18.9 Å². The molecule has 0 heterocycles. The summed E-state index contributed by atoms with van der Waals surface area (Å²) in [6, 6.07) is 3.47. The summed E-state index contributed by atoms with van der Waals surface area (Å²) in [5.41, 5.74) is 7.30. The Kier molecular flexibility index (Phi) is 4.10. The van der Waals surface area contributed by atoms with Gasteiger partial charge in [0.15, 0.2) is 0 Å². The van der Waals surface area contributed by atoms with E-state index in [1.54, 1.807) is 12.1 Å². The van der Waals surface area contributed by atoms with Crippen LogP contribution in [0, 0.1) is 0 Å². The Morgan fingerprint density at radius 3 is 2.79 bits per heavy atom. The van der Waals surface area contributed by atoms with Crippen LogP contribution in [0.15, 0.2) is 12.1 Å². The molecule has 0 spiro atoms. The summed E-state index contributed by atoms with van der Waals surface area (Å²) < 4.78 is 5.25. The molecule has 76 valence electrons. The van der Waals surface area contributed by atoms with Gasteiger partial charge in [-0.15, -0.1) is 0 Å². The fraction of sp³-hybridized carbons (Fsp3) is 0.333. The van der Waals surface area contributed by atoms with Gasteiger partial charge in [0, 0.05) is 5.02 Å². The van der Waals surface area contributed by atoms with Crippen molar-refractivity contribution in [3.05, 3.63) is 22.7 Å². The maximum Gasteiger partial charge on any atom is 0.142 e. The second-order valence-electron chi connectivity index (χ2n) is 2.86. The van der Waals surface area contributed by atoms with Crippen LogP contribution in [0.5, 0.6) is 5.75 Å². The number of ether oxygens (including phenoxy) is 1. The lowest BCUT2D eigenvalue weighted by molar-refractivity contribution is 0.202. The van der Waals surface area contributed by atoms with E-state index in [0.717, 1.165) is 11.9 Å². The zero-order valence-corrected chi connectivity index (χ0v) is 8.84. The maximum absolute atomic E-state index is 8.61. The van der Waals surface area contributed by atoms with Crippen LogP contribution in [-0.4, -0.2) is 26.2 Å². The molecule has 0 bridgehead atoms. The number of aliphatic hydroxyl groups is 1. The lowest BCUT2D eigenvalue weighted by atomic mass is 9.95. The van der Waals surface area contributed by atoms with E-state index in [1.807, 2.05) is 7.85 Å². The van der Waals surface area contributed by atoms with Crippen molar-refractivity contribution < 1.29 is 9.84 Å². The SMILES string of the molecule is BCc1c(Cl)ccc(OCCO)c1N. The Morgan fingerprint density at radius 2 is 2.21 bits per heavy atom. The molecule has 5 heteroatoms. The Bertz CT molecular complexity index is 320. The molecule has 0 unspecified atom stereocenters. The molecule has 0 aliphatic heterocycles. The molecule has 0 aromatic heterocycles.